The van der Waals surface area contributed by atoms with Gasteiger partial charge in [0.2, 0.25) is 0 Å². The number of benzene rings is 2. The minimum absolute atomic E-state index is 0.544. The lowest BCUT2D eigenvalue weighted by atomic mass is 9.99. The van der Waals surface area contributed by atoms with E-state index in [-0.39, 0.29) is 0 Å². The molecule has 2 aromatic rings. The van der Waals surface area contributed by atoms with Crippen molar-refractivity contribution in [2.75, 3.05) is 7.11 Å². The normalized spacial score (nSPS) is 11.1. The highest BCUT2D eigenvalue weighted by atomic mass is 79.9. The lowest BCUT2D eigenvalue weighted by molar-refractivity contribution is 0.413. The number of rotatable bonds is 2. The van der Waals surface area contributed by atoms with Gasteiger partial charge in [0.25, 0.3) is 0 Å². The van der Waals surface area contributed by atoms with Gasteiger partial charge in [0.1, 0.15) is 5.75 Å². The zero-order valence-electron chi connectivity index (χ0n) is 9.75. The first-order valence-electron chi connectivity index (χ1n) is 5.39. The fraction of sp³-hybridized carbons (Fsp3) is 0.286. The summed E-state index contributed by atoms with van der Waals surface area (Å²) in [6.45, 7) is 4.41. The molecule has 0 fully saturated rings. The van der Waals surface area contributed by atoms with E-state index in [1.807, 2.05) is 6.07 Å². The van der Waals surface area contributed by atoms with Gasteiger partial charge in [-0.3, -0.25) is 0 Å². The summed E-state index contributed by atoms with van der Waals surface area (Å²) in [4.78, 5) is 0. The molecule has 0 aliphatic heterocycles. The number of fused-ring (bicyclic) bond motifs is 1. The molecule has 0 radical (unpaired) electrons. The van der Waals surface area contributed by atoms with Gasteiger partial charge < -0.3 is 4.74 Å². The summed E-state index contributed by atoms with van der Waals surface area (Å²) < 4.78 is 6.34. The minimum Gasteiger partial charge on any atom is -0.496 e. The van der Waals surface area contributed by atoms with Crippen LogP contribution in [0.2, 0.25) is 0 Å². The van der Waals surface area contributed by atoms with Crippen molar-refractivity contribution in [1.82, 2.24) is 0 Å². The zero-order chi connectivity index (χ0) is 11.7. The monoisotopic (exact) mass is 278 g/mol. The summed E-state index contributed by atoms with van der Waals surface area (Å²) >= 11 is 3.60. The molecular formula is C14H15BrO. The Labute approximate surface area is 105 Å². The van der Waals surface area contributed by atoms with Crippen LogP contribution < -0.4 is 4.74 Å². The van der Waals surface area contributed by atoms with Crippen LogP contribution in [0.4, 0.5) is 0 Å². The molecule has 0 saturated heterocycles. The van der Waals surface area contributed by atoms with E-state index in [0.29, 0.717) is 5.92 Å². The molecule has 0 aromatic heterocycles. The van der Waals surface area contributed by atoms with Crippen molar-refractivity contribution in [1.29, 1.82) is 0 Å². The smallest absolute Gasteiger partial charge is 0.133 e. The van der Waals surface area contributed by atoms with E-state index in [1.54, 1.807) is 7.11 Å². The SMILES string of the molecule is COc1ccc2ccc(C(C)C)cc2c1Br. The summed E-state index contributed by atoms with van der Waals surface area (Å²) in [6, 6.07) is 10.7. The van der Waals surface area contributed by atoms with Crippen LogP contribution in [0.3, 0.4) is 0 Å². The fourth-order valence-electron chi connectivity index (χ4n) is 1.80. The van der Waals surface area contributed by atoms with Gasteiger partial charge in [-0.1, -0.05) is 32.0 Å². The van der Waals surface area contributed by atoms with Crippen LogP contribution in [0.5, 0.6) is 5.75 Å². The average Bonchev–Trinajstić information content (AvgIpc) is 2.29. The van der Waals surface area contributed by atoms with E-state index < -0.39 is 0 Å². The second-order valence-corrected chi connectivity index (χ2v) is 5.01. The number of hydrogen-bond donors (Lipinski definition) is 0. The van der Waals surface area contributed by atoms with Crippen molar-refractivity contribution in [3.05, 3.63) is 40.4 Å². The molecule has 1 nitrogen and oxygen atoms in total. The van der Waals surface area contributed by atoms with Crippen LogP contribution in [0.1, 0.15) is 25.3 Å². The third-order valence-corrected chi connectivity index (χ3v) is 3.65. The van der Waals surface area contributed by atoms with Crippen molar-refractivity contribution in [2.45, 2.75) is 19.8 Å². The lowest BCUT2D eigenvalue weighted by Crippen LogP contribution is -1.89. The third kappa shape index (κ3) is 1.94. The zero-order valence-corrected chi connectivity index (χ0v) is 11.3. The molecular weight excluding hydrogens is 264 g/mol. The second-order valence-electron chi connectivity index (χ2n) is 4.22. The molecule has 0 aliphatic rings. The van der Waals surface area contributed by atoms with E-state index in [4.69, 9.17) is 4.74 Å². The molecule has 0 saturated carbocycles. The Morgan fingerprint density at radius 2 is 1.81 bits per heavy atom. The van der Waals surface area contributed by atoms with Gasteiger partial charge in [0.05, 0.1) is 11.6 Å². The first kappa shape index (κ1) is 11.5. The number of hydrogen-bond acceptors (Lipinski definition) is 1. The summed E-state index contributed by atoms with van der Waals surface area (Å²) in [5, 5.41) is 2.45. The molecule has 2 aromatic carbocycles. The highest BCUT2D eigenvalue weighted by Gasteiger charge is 2.07. The minimum atomic E-state index is 0.544. The Kier molecular flexibility index (Phi) is 3.20. The van der Waals surface area contributed by atoms with Crippen molar-refractivity contribution >= 4 is 26.7 Å². The van der Waals surface area contributed by atoms with Crippen molar-refractivity contribution in [3.63, 3.8) is 0 Å². The maximum absolute atomic E-state index is 5.31. The lowest BCUT2D eigenvalue weighted by Gasteiger charge is -2.10. The maximum Gasteiger partial charge on any atom is 0.133 e. The number of ether oxygens (including phenoxy) is 1. The summed E-state index contributed by atoms with van der Waals surface area (Å²) in [5.74, 6) is 1.43. The summed E-state index contributed by atoms with van der Waals surface area (Å²) in [7, 11) is 1.69. The van der Waals surface area contributed by atoms with Gasteiger partial charge in [-0.15, -0.1) is 0 Å². The van der Waals surface area contributed by atoms with Gasteiger partial charge in [-0.2, -0.15) is 0 Å². The predicted molar refractivity (Wildman–Crippen MR) is 72.3 cm³/mol. The quantitative estimate of drug-likeness (QED) is 0.771. The third-order valence-electron chi connectivity index (χ3n) is 2.83. The van der Waals surface area contributed by atoms with Crippen LogP contribution in [0.15, 0.2) is 34.8 Å². The largest absolute Gasteiger partial charge is 0.496 e. The van der Waals surface area contributed by atoms with E-state index in [0.717, 1.165) is 10.2 Å². The number of methoxy groups -OCH3 is 1. The van der Waals surface area contributed by atoms with Crippen LogP contribution in [0, 0.1) is 0 Å². The topological polar surface area (TPSA) is 9.23 Å². The second kappa shape index (κ2) is 4.46. The van der Waals surface area contributed by atoms with E-state index in [9.17, 15) is 0 Å². The predicted octanol–water partition coefficient (Wildman–Crippen LogP) is 4.73. The fourth-order valence-corrected chi connectivity index (χ4v) is 2.43. The Balaban J connectivity index is 2.69. The van der Waals surface area contributed by atoms with Crippen molar-refractivity contribution in [3.8, 4) is 5.75 Å². The molecule has 0 aliphatic carbocycles. The van der Waals surface area contributed by atoms with Crippen molar-refractivity contribution < 1.29 is 4.74 Å². The highest BCUT2D eigenvalue weighted by molar-refractivity contribution is 9.10. The van der Waals surface area contributed by atoms with Gasteiger partial charge >= 0.3 is 0 Å². The molecule has 0 bridgehead atoms. The van der Waals surface area contributed by atoms with Gasteiger partial charge in [0, 0.05) is 0 Å². The molecule has 0 heterocycles. The average molecular weight is 279 g/mol. The van der Waals surface area contributed by atoms with E-state index in [1.165, 1.54) is 16.3 Å². The van der Waals surface area contributed by atoms with Gasteiger partial charge in [-0.05, 0) is 50.3 Å². The van der Waals surface area contributed by atoms with E-state index in [2.05, 4.69) is 54.0 Å². The first-order chi connectivity index (χ1) is 7.63. The molecule has 2 rings (SSSR count). The highest BCUT2D eigenvalue weighted by Crippen LogP contribution is 2.34. The molecule has 84 valence electrons. The van der Waals surface area contributed by atoms with Crippen LogP contribution in [0.25, 0.3) is 10.8 Å². The standard InChI is InChI=1S/C14H15BrO/c1-9(2)11-5-4-10-6-7-13(16-3)14(15)12(10)8-11/h4-9H,1-3H3. The van der Waals surface area contributed by atoms with Crippen molar-refractivity contribution in [2.24, 2.45) is 0 Å². The molecule has 16 heavy (non-hydrogen) atoms. The molecule has 2 heteroatoms. The molecule has 0 unspecified atom stereocenters. The molecule has 0 N–H and O–H groups in total. The molecule has 0 amide bonds. The molecule has 0 spiro atoms. The summed E-state index contributed by atoms with van der Waals surface area (Å²) in [6.07, 6.45) is 0. The maximum atomic E-state index is 5.31. The molecule has 0 atom stereocenters. The Morgan fingerprint density at radius 3 is 2.44 bits per heavy atom. The number of halogens is 1. The van der Waals surface area contributed by atoms with Gasteiger partial charge in [-0.25, -0.2) is 0 Å². The Bertz CT molecular complexity index is 517. The van der Waals surface area contributed by atoms with E-state index >= 15 is 0 Å². The van der Waals surface area contributed by atoms with Crippen LogP contribution in [-0.2, 0) is 0 Å². The van der Waals surface area contributed by atoms with Crippen LogP contribution >= 0.6 is 15.9 Å². The van der Waals surface area contributed by atoms with Gasteiger partial charge in [0.15, 0.2) is 0 Å². The Morgan fingerprint density at radius 1 is 1.12 bits per heavy atom. The Hall–Kier alpha value is -1.02. The first-order valence-corrected chi connectivity index (χ1v) is 6.19. The summed E-state index contributed by atoms with van der Waals surface area (Å²) in [5.41, 5.74) is 1.35. The van der Waals surface area contributed by atoms with Crippen LogP contribution in [-0.4, -0.2) is 7.11 Å².